The highest BCUT2D eigenvalue weighted by atomic mass is 35.5. The first-order chi connectivity index (χ1) is 9.22. The lowest BCUT2D eigenvalue weighted by molar-refractivity contribution is 0.622. The number of halogens is 2. The molecule has 0 amide bonds. The molecule has 1 heterocycles. The van der Waals surface area contributed by atoms with Crippen LogP contribution in [0.3, 0.4) is 0 Å². The second-order valence-electron chi connectivity index (χ2n) is 5.03. The van der Waals surface area contributed by atoms with Crippen molar-refractivity contribution >= 4 is 11.6 Å². The summed E-state index contributed by atoms with van der Waals surface area (Å²) in [6, 6.07) is 9.73. The van der Waals surface area contributed by atoms with Crippen LogP contribution in [0.25, 0.3) is 0 Å². The normalized spacial score (nSPS) is 14.8. The average molecular weight is 279 g/mol. The number of nitrogens with zero attached hydrogens (tertiary/aromatic N) is 1. The molecular formula is C15H16ClFN2. The van der Waals surface area contributed by atoms with E-state index in [-0.39, 0.29) is 10.8 Å². The van der Waals surface area contributed by atoms with Gasteiger partial charge in [0.2, 0.25) is 0 Å². The summed E-state index contributed by atoms with van der Waals surface area (Å²) in [7, 11) is 0. The summed E-state index contributed by atoms with van der Waals surface area (Å²) in [5, 5.41) is 3.68. The molecule has 0 unspecified atom stereocenters. The molecule has 1 aliphatic carbocycles. The van der Waals surface area contributed by atoms with Crippen LogP contribution in [0.4, 0.5) is 4.39 Å². The van der Waals surface area contributed by atoms with Crippen molar-refractivity contribution in [3.05, 3.63) is 58.6 Å². The highest BCUT2D eigenvalue weighted by Gasteiger charge is 2.20. The number of benzene rings is 1. The van der Waals surface area contributed by atoms with Gasteiger partial charge in [-0.2, -0.15) is 0 Å². The minimum absolute atomic E-state index is 0.183. The predicted octanol–water partition coefficient (Wildman–Crippen LogP) is 3.58. The molecule has 1 aliphatic rings. The highest BCUT2D eigenvalue weighted by molar-refractivity contribution is 6.30. The Labute approximate surface area is 117 Å². The largest absolute Gasteiger partial charge is 0.346 e. The monoisotopic (exact) mass is 278 g/mol. The van der Waals surface area contributed by atoms with E-state index in [4.69, 9.17) is 11.6 Å². The fourth-order valence-electron chi connectivity index (χ4n) is 2.14. The fraction of sp³-hybridized carbons (Fsp3) is 0.333. The molecule has 2 aromatic rings. The van der Waals surface area contributed by atoms with Crippen molar-refractivity contribution in [1.29, 1.82) is 0 Å². The van der Waals surface area contributed by atoms with Gasteiger partial charge in [0, 0.05) is 31.0 Å². The first-order valence-electron chi connectivity index (χ1n) is 6.54. The van der Waals surface area contributed by atoms with E-state index in [1.54, 1.807) is 12.1 Å². The minimum Gasteiger partial charge on any atom is -0.346 e. The Bertz CT molecular complexity index is 575. The molecule has 0 spiro atoms. The maximum absolute atomic E-state index is 13.1. The zero-order valence-corrected chi connectivity index (χ0v) is 11.3. The van der Waals surface area contributed by atoms with Crippen LogP contribution >= 0.6 is 11.6 Å². The molecule has 0 radical (unpaired) electrons. The number of hydrogen-bond donors (Lipinski definition) is 1. The van der Waals surface area contributed by atoms with Crippen LogP contribution in [0.2, 0.25) is 5.02 Å². The van der Waals surface area contributed by atoms with Crippen LogP contribution in [0.1, 0.15) is 24.1 Å². The van der Waals surface area contributed by atoms with Crippen LogP contribution < -0.4 is 5.32 Å². The Kier molecular flexibility index (Phi) is 3.58. The first kappa shape index (κ1) is 12.7. The lowest BCUT2D eigenvalue weighted by Crippen LogP contribution is -2.18. The maximum atomic E-state index is 13.1. The number of rotatable bonds is 5. The van der Waals surface area contributed by atoms with Gasteiger partial charge in [0.15, 0.2) is 0 Å². The van der Waals surface area contributed by atoms with Gasteiger partial charge >= 0.3 is 0 Å². The Morgan fingerprint density at radius 1 is 1.32 bits per heavy atom. The Morgan fingerprint density at radius 3 is 2.89 bits per heavy atom. The van der Waals surface area contributed by atoms with Crippen molar-refractivity contribution < 1.29 is 4.39 Å². The molecule has 3 rings (SSSR count). The lowest BCUT2D eigenvalue weighted by atomic mass is 10.2. The van der Waals surface area contributed by atoms with Crippen LogP contribution in [-0.4, -0.2) is 10.6 Å². The van der Waals surface area contributed by atoms with E-state index >= 15 is 0 Å². The fourth-order valence-corrected chi connectivity index (χ4v) is 2.34. The molecule has 1 aromatic heterocycles. The third kappa shape index (κ3) is 3.17. The molecule has 1 N–H and O–H groups in total. The van der Waals surface area contributed by atoms with Crippen LogP contribution in [0, 0.1) is 5.82 Å². The molecule has 2 nitrogen and oxygen atoms in total. The van der Waals surface area contributed by atoms with Gasteiger partial charge in [0.25, 0.3) is 0 Å². The topological polar surface area (TPSA) is 17.0 Å². The Balaban J connectivity index is 1.71. The maximum Gasteiger partial charge on any atom is 0.141 e. The molecule has 100 valence electrons. The van der Waals surface area contributed by atoms with E-state index in [0.29, 0.717) is 12.6 Å². The lowest BCUT2D eigenvalue weighted by Gasteiger charge is -2.10. The smallest absolute Gasteiger partial charge is 0.141 e. The van der Waals surface area contributed by atoms with Crippen molar-refractivity contribution in [1.82, 2.24) is 9.88 Å². The Morgan fingerprint density at radius 2 is 2.16 bits per heavy atom. The summed E-state index contributed by atoms with van der Waals surface area (Å²) >= 11 is 5.81. The van der Waals surface area contributed by atoms with Crippen molar-refractivity contribution in [2.45, 2.75) is 32.0 Å². The number of nitrogens with one attached hydrogen (secondary N) is 1. The van der Waals surface area contributed by atoms with E-state index in [0.717, 1.165) is 12.1 Å². The van der Waals surface area contributed by atoms with E-state index in [2.05, 4.69) is 16.0 Å². The third-order valence-electron chi connectivity index (χ3n) is 3.41. The van der Waals surface area contributed by atoms with Crippen molar-refractivity contribution in [2.75, 3.05) is 0 Å². The molecule has 19 heavy (non-hydrogen) atoms. The molecular weight excluding hydrogens is 263 g/mol. The van der Waals surface area contributed by atoms with Gasteiger partial charge in [0.1, 0.15) is 5.82 Å². The van der Waals surface area contributed by atoms with Gasteiger partial charge in [-0.05, 0) is 42.7 Å². The zero-order valence-electron chi connectivity index (χ0n) is 10.6. The summed E-state index contributed by atoms with van der Waals surface area (Å²) in [5.74, 6) is -0.367. The standard InChI is InChI=1S/C15H16ClFN2/c16-14-8-11(3-6-15(14)17)10-19-7-1-2-13(19)9-18-12-4-5-12/h1-3,6-8,12,18H,4-5,9-10H2. The van der Waals surface area contributed by atoms with Gasteiger partial charge in [-0.25, -0.2) is 4.39 Å². The summed E-state index contributed by atoms with van der Waals surface area (Å²) < 4.78 is 15.3. The zero-order chi connectivity index (χ0) is 13.2. The second kappa shape index (κ2) is 5.35. The van der Waals surface area contributed by atoms with Crippen LogP contribution in [-0.2, 0) is 13.1 Å². The van der Waals surface area contributed by atoms with Gasteiger partial charge in [-0.15, -0.1) is 0 Å². The quantitative estimate of drug-likeness (QED) is 0.885. The van der Waals surface area contributed by atoms with E-state index in [9.17, 15) is 4.39 Å². The Hall–Kier alpha value is -1.32. The second-order valence-corrected chi connectivity index (χ2v) is 5.44. The first-order valence-corrected chi connectivity index (χ1v) is 6.91. The summed E-state index contributed by atoms with van der Waals surface area (Å²) in [4.78, 5) is 0. The van der Waals surface area contributed by atoms with Crippen LogP contribution in [0.15, 0.2) is 36.5 Å². The van der Waals surface area contributed by atoms with Crippen molar-refractivity contribution in [3.8, 4) is 0 Å². The summed E-state index contributed by atoms with van der Waals surface area (Å²) in [6.45, 7) is 1.60. The van der Waals surface area contributed by atoms with Crippen LogP contribution in [0.5, 0.6) is 0 Å². The minimum atomic E-state index is -0.367. The molecule has 1 aromatic carbocycles. The SMILES string of the molecule is Fc1ccc(Cn2cccc2CNC2CC2)cc1Cl. The van der Waals surface area contributed by atoms with E-state index < -0.39 is 0 Å². The average Bonchev–Trinajstić information content (AvgIpc) is 3.12. The van der Waals surface area contributed by atoms with Crippen molar-refractivity contribution in [3.63, 3.8) is 0 Å². The van der Waals surface area contributed by atoms with Gasteiger partial charge in [0.05, 0.1) is 5.02 Å². The molecule has 4 heteroatoms. The number of aromatic nitrogens is 1. The molecule has 0 aliphatic heterocycles. The summed E-state index contributed by atoms with van der Waals surface area (Å²) in [5.41, 5.74) is 2.25. The van der Waals surface area contributed by atoms with E-state index in [1.807, 2.05) is 12.3 Å². The molecule has 1 saturated carbocycles. The summed E-state index contributed by atoms with van der Waals surface area (Å²) in [6.07, 6.45) is 4.61. The van der Waals surface area contributed by atoms with Gasteiger partial charge in [-0.1, -0.05) is 17.7 Å². The molecule has 0 atom stereocenters. The molecule has 0 bridgehead atoms. The van der Waals surface area contributed by atoms with Crippen molar-refractivity contribution in [2.24, 2.45) is 0 Å². The highest BCUT2D eigenvalue weighted by Crippen LogP contribution is 2.20. The third-order valence-corrected chi connectivity index (χ3v) is 3.70. The molecule has 1 fully saturated rings. The molecule has 0 saturated heterocycles. The predicted molar refractivity (Wildman–Crippen MR) is 74.8 cm³/mol. The van der Waals surface area contributed by atoms with Gasteiger partial charge in [-0.3, -0.25) is 0 Å². The van der Waals surface area contributed by atoms with Gasteiger partial charge < -0.3 is 9.88 Å². The number of hydrogen-bond acceptors (Lipinski definition) is 1. The van der Waals surface area contributed by atoms with E-state index in [1.165, 1.54) is 24.6 Å².